The number of pyridine rings is 1. The van der Waals surface area contributed by atoms with Crippen LogP contribution in [0.15, 0.2) is 22.8 Å². The highest BCUT2D eigenvalue weighted by atomic mass is 79.9. The van der Waals surface area contributed by atoms with Gasteiger partial charge in [-0.25, -0.2) is 9.78 Å². The summed E-state index contributed by atoms with van der Waals surface area (Å²) in [5, 5.41) is 0. The minimum absolute atomic E-state index is 0.338. The molecule has 0 saturated heterocycles. The van der Waals surface area contributed by atoms with Crippen LogP contribution < -0.4 is 0 Å². The average Bonchev–Trinajstić information content (AvgIpc) is 2.53. The molecule has 16 heavy (non-hydrogen) atoms. The zero-order chi connectivity index (χ0) is 11.7. The molecule has 0 aliphatic heterocycles. The maximum atomic E-state index is 11.7. The van der Waals surface area contributed by atoms with Crippen LogP contribution in [0, 0.1) is 6.92 Å². The number of nitrogens with zero attached hydrogens (tertiary/aromatic N) is 2. The number of hydrogen-bond acceptors (Lipinski definition) is 3. The van der Waals surface area contributed by atoms with Gasteiger partial charge in [-0.3, -0.25) is 4.40 Å². The predicted molar refractivity (Wildman–Crippen MR) is 63.6 cm³/mol. The molecule has 0 spiro atoms. The monoisotopic (exact) mass is 282 g/mol. The van der Waals surface area contributed by atoms with Gasteiger partial charge in [-0.05, 0) is 26.0 Å². The van der Waals surface area contributed by atoms with Gasteiger partial charge in [-0.2, -0.15) is 0 Å². The summed E-state index contributed by atoms with van der Waals surface area (Å²) in [6.45, 7) is 3.95. The second-order valence-corrected chi connectivity index (χ2v) is 4.26. The third kappa shape index (κ3) is 1.82. The van der Waals surface area contributed by atoms with Crippen molar-refractivity contribution in [2.24, 2.45) is 0 Å². The van der Waals surface area contributed by atoms with Crippen molar-refractivity contribution in [3.63, 3.8) is 0 Å². The van der Waals surface area contributed by atoms with E-state index in [0.29, 0.717) is 18.0 Å². The summed E-state index contributed by atoms with van der Waals surface area (Å²) < 4.78 is 7.66. The number of carbonyl (C=O) groups is 1. The first kappa shape index (κ1) is 11.1. The molecule has 0 saturated carbocycles. The molecule has 2 rings (SSSR count). The van der Waals surface area contributed by atoms with E-state index in [0.717, 1.165) is 10.1 Å². The lowest BCUT2D eigenvalue weighted by atomic mass is 10.3. The van der Waals surface area contributed by atoms with E-state index in [1.165, 1.54) is 0 Å². The quantitative estimate of drug-likeness (QED) is 0.796. The summed E-state index contributed by atoms with van der Waals surface area (Å²) in [7, 11) is 0. The van der Waals surface area contributed by atoms with E-state index in [9.17, 15) is 4.79 Å². The van der Waals surface area contributed by atoms with Gasteiger partial charge in [-0.1, -0.05) is 15.9 Å². The predicted octanol–water partition coefficient (Wildman–Crippen LogP) is 2.58. The summed E-state index contributed by atoms with van der Waals surface area (Å²) in [6.07, 6.45) is 1.80. The van der Waals surface area contributed by atoms with Crippen LogP contribution >= 0.6 is 15.9 Å². The normalized spacial score (nSPS) is 10.7. The van der Waals surface area contributed by atoms with Gasteiger partial charge < -0.3 is 4.74 Å². The molecular weight excluding hydrogens is 272 g/mol. The van der Waals surface area contributed by atoms with Gasteiger partial charge in [0, 0.05) is 10.7 Å². The van der Waals surface area contributed by atoms with Crippen molar-refractivity contribution in [3.05, 3.63) is 34.2 Å². The van der Waals surface area contributed by atoms with Crippen LogP contribution in [0.25, 0.3) is 5.65 Å². The standard InChI is InChI=1S/C11H11BrN2O2/c1-3-16-11(15)10-7(2)13-9-6-8(12)4-5-14(9)10/h4-6H,3H2,1-2H3. The Balaban J connectivity index is 2.60. The number of fused-ring (bicyclic) bond motifs is 1. The molecule has 0 aliphatic carbocycles. The first-order chi connectivity index (χ1) is 7.63. The lowest BCUT2D eigenvalue weighted by Crippen LogP contribution is -2.09. The van der Waals surface area contributed by atoms with E-state index in [-0.39, 0.29) is 5.97 Å². The SMILES string of the molecule is CCOC(=O)c1c(C)nc2cc(Br)ccn12. The van der Waals surface area contributed by atoms with Crippen molar-refractivity contribution in [3.8, 4) is 0 Å². The number of imidazole rings is 1. The van der Waals surface area contributed by atoms with E-state index >= 15 is 0 Å². The zero-order valence-electron chi connectivity index (χ0n) is 9.03. The van der Waals surface area contributed by atoms with Gasteiger partial charge >= 0.3 is 5.97 Å². The molecule has 0 radical (unpaired) electrons. The van der Waals surface area contributed by atoms with E-state index in [4.69, 9.17) is 4.74 Å². The molecule has 2 heterocycles. The van der Waals surface area contributed by atoms with Crippen LogP contribution in [-0.4, -0.2) is 22.0 Å². The molecule has 0 atom stereocenters. The van der Waals surface area contributed by atoms with Crippen LogP contribution in [-0.2, 0) is 4.74 Å². The summed E-state index contributed by atoms with van der Waals surface area (Å²) >= 11 is 3.36. The number of esters is 1. The van der Waals surface area contributed by atoms with Crippen molar-refractivity contribution in [2.75, 3.05) is 6.61 Å². The van der Waals surface area contributed by atoms with Crippen molar-refractivity contribution in [1.82, 2.24) is 9.38 Å². The van der Waals surface area contributed by atoms with Crippen molar-refractivity contribution < 1.29 is 9.53 Å². The van der Waals surface area contributed by atoms with Crippen molar-refractivity contribution in [2.45, 2.75) is 13.8 Å². The molecule has 0 amide bonds. The minimum Gasteiger partial charge on any atom is -0.461 e. The Morgan fingerprint density at radius 3 is 3.06 bits per heavy atom. The minimum atomic E-state index is -0.338. The van der Waals surface area contributed by atoms with Crippen molar-refractivity contribution in [1.29, 1.82) is 0 Å². The fraction of sp³-hybridized carbons (Fsp3) is 0.273. The molecule has 84 valence electrons. The van der Waals surface area contributed by atoms with Crippen molar-refractivity contribution >= 4 is 27.5 Å². The number of rotatable bonds is 2. The Kier molecular flexibility index (Phi) is 2.96. The van der Waals surface area contributed by atoms with Gasteiger partial charge in [0.25, 0.3) is 0 Å². The second kappa shape index (κ2) is 4.25. The Morgan fingerprint density at radius 2 is 2.38 bits per heavy atom. The summed E-state index contributed by atoms with van der Waals surface area (Å²) in [5.41, 5.74) is 1.90. The Bertz CT molecular complexity index is 548. The Labute approximate surface area is 101 Å². The largest absolute Gasteiger partial charge is 0.461 e. The number of halogens is 1. The molecule has 2 aromatic rings. The molecule has 0 aromatic carbocycles. The zero-order valence-corrected chi connectivity index (χ0v) is 10.6. The number of aromatic nitrogens is 2. The number of hydrogen-bond donors (Lipinski definition) is 0. The maximum absolute atomic E-state index is 11.7. The summed E-state index contributed by atoms with van der Waals surface area (Å²) in [5.74, 6) is -0.338. The first-order valence-corrected chi connectivity index (χ1v) is 5.74. The van der Waals surface area contributed by atoms with E-state index in [1.54, 1.807) is 24.4 Å². The molecular formula is C11H11BrN2O2. The van der Waals surface area contributed by atoms with E-state index < -0.39 is 0 Å². The fourth-order valence-electron chi connectivity index (χ4n) is 1.58. The summed E-state index contributed by atoms with van der Waals surface area (Å²) in [6, 6.07) is 3.71. The highest BCUT2D eigenvalue weighted by molar-refractivity contribution is 9.10. The van der Waals surface area contributed by atoms with Crippen LogP contribution in [0.5, 0.6) is 0 Å². The second-order valence-electron chi connectivity index (χ2n) is 3.34. The van der Waals surface area contributed by atoms with Gasteiger partial charge in [0.1, 0.15) is 5.65 Å². The molecule has 0 unspecified atom stereocenters. The Morgan fingerprint density at radius 1 is 1.62 bits per heavy atom. The van der Waals surface area contributed by atoms with E-state index in [2.05, 4.69) is 20.9 Å². The maximum Gasteiger partial charge on any atom is 0.357 e. The fourth-order valence-corrected chi connectivity index (χ4v) is 1.91. The molecule has 5 heteroatoms. The molecule has 0 aliphatic rings. The van der Waals surface area contributed by atoms with Crippen LogP contribution in [0.3, 0.4) is 0 Å². The topological polar surface area (TPSA) is 43.6 Å². The number of aryl methyl sites for hydroxylation is 1. The third-order valence-corrected chi connectivity index (χ3v) is 2.72. The lowest BCUT2D eigenvalue weighted by Gasteiger charge is -2.02. The Hall–Kier alpha value is -1.36. The average molecular weight is 283 g/mol. The molecule has 2 aromatic heterocycles. The molecule has 0 bridgehead atoms. The van der Waals surface area contributed by atoms with Crippen LogP contribution in [0.4, 0.5) is 0 Å². The number of carbonyl (C=O) groups excluding carboxylic acids is 1. The smallest absolute Gasteiger partial charge is 0.357 e. The van der Waals surface area contributed by atoms with Gasteiger partial charge in [0.2, 0.25) is 0 Å². The van der Waals surface area contributed by atoms with Gasteiger partial charge in [0.15, 0.2) is 5.69 Å². The van der Waals surface area contributed by atoms with Crippen LogP contribution in [0.1, 0.15) is 23.1 Å². The highest BCUT2D eigenvalue weighted by Gasteiger charge is 2.17. The molecule has 0 fully saturated rings. The summed E-state index contributed by atoms with van der Waals surface area (Å²) in [4.78, 5) is 16.0. The van der Waals surface area contributed by atoms with E-state index in [1.807, 2.05) is 12.1 Å². The lowest BCUT2D eigenvalue weighted by molar-refractivity contribution is 0.0517. The molecule has 0 N–H and O–H groups in total. The van der Waals surface area contributed by atoms with Crippen LogP contribution in [0.2, 0.25) is 0 Å². The molecule has 4 nitrogen and oxygen atoms in total. The third-order valence-electron chi connectivity index (χ3n) is 2.23. The van der Waals surface area contributed by atoms with Gasteiger partial charge in [-0.15, -0.1) is 0 Å². The highest BCUT2D eigenvalue weighted by Crippen LogP contribution is 2.17. The number of ether oxygens (including phenoxy) is 1. The first-order valence-electron chi connectivity index (χ1n) is 4.94. The van der Waals surface area contributed by atoms with Gasteiger partial charge in [0.05, 0.1) is 12.3 Å².